The lowest BCUT2D eigenvalue weighted by Gasteiger charge is -2.28. The molecule has 0 radical (unpaired) electrons. The number of likely N-dealkylation sites (N-methyl/N-ethyl adjacent to an activating group) is 1. The van der Waals surface area contributed by atoms with Gasteiger partial charge in [0, 0.05) is 25.7 Å². The molecule has 1 saturated carbocycles. The largest absolute Gasteiger partial charge is 0.313 e. The summed E-state index contributed by atoms with van der Waals surface area (Å²) in [6.07, 6.45) is 5.55. The van der Waals surface area contributed by atoms with Crippen molar-refractivity contribution in [3.8, 4) is 0 Å². The lowest BCUT2D eigenvalue weighted by atomic mass is 9.87. The molecule has 20 heavy (non-hydrogen) atoms. The van der Waals surface area contributed by atoms with E-state index in [-0.39, 0.29) is 0 Å². The summed E-state index contributed by atoms with van der Waals surface area (Å²) in [5.74, 6) is 0.909. The first kappa shape index (κ1) is 15.5. The number of nitrogens with one attached hydrogen (secondary N) is 1. The molecule has 1 N–H and O–H groups in total. The predicted molar refractivity (Wildman–Crippen MR) is 86.9 cm³/mol. The third-order valence-corrected chi connectivity index (χ3v) is 4.40. The summed E-state index contributed by atoms with van der Waals surface area (Å²) in [4.78, 5) is 2.41. The van der Waals surface area contributed by atoms with Gasteiger partial charge in [0.05, 0.1) is 0 Å². The van der Waals surface area contributed by atoms with Crippen molar-refractivity contribution in [3.63, 3.8) is 0 Å². The molecular formula is C18H30N2. The minimum absolute atomic E-state index is 0.756. The Bertz CT molecular complexity index is 402. The Labute approximate surface area is 124 Å². The van der Waals surface area contributed by atoms with Gasteiger partial charge < -0.3 is 10.2 Å². The first-order chi connectivity index (χ1) is 9.63. The quantitative estimate of drug-likeness (QED) is 0.853. The first-order valence-corrected chi connectivity index (χ1v) is 8.11. The van der Waals surface area contributed by atoms with E-state index >= 15 is 0 Å². The summed E-state index contributed by atoms with van der Waals surface area (Å²) in [6, 6.07) is 9.58. The molecule has 0 amide bonds. The number of benzene rings is 1. The van der Waals surface area contributed by atoms with Crippen LogP contribution in [0.1, 0.15) is 43.7 Å². The summed E-state index contributed by atoms with van der Waals surface area (Å²) in [5, 5.41) is 3.74. The fourth-order valence-electron chi connectivity index (χ4n) is 3.28. The van der Waals surface area contributed by atoms with Gasteiger partial charge in [0.15, 0.2) is 0 Å². The summed E-state index contributed by atoms with van der Waals surface area (Å²) >= 11 is 0. The number of hydrogen-bond donors (Lipinski definition) is 1. The normalized spacial score (nSPS) is 23.2. The second kappa shape index (κ2) is 7.80. The van der Waals surface area contributed by atoms with Gasteiger partial charge in [-0.25, -0.2) is 0 Å². The van der Waals surface area contributed by atoms with E-state index in [9.17, 15) is 0 Å². The highest BCUT2D eigenvalue weighted by molar-refractivity contribution is 5.21. The van der Waals surface area contributed by atoms with E-state index in [0.29, 0.717) is 0 Å². The van der Waals surface area contributed by atoms with Crippen LogP contribution < -0.4 is 5.32 Å². The van der Waals surface area contributed by atoms with E-state index in [0.717, 1.165) is 31.6 Å². The van der Waals surface area contributed by atoms with E-state index in [2.05, 4.69) is 55.4 Å². The maximum atomic E-state index is 3.74. The van der Waals surface area contributed by atoms with Crippen LogP contribution in [0.3, 0.4) is 0 Å². The second-order valence-electron chi connectivity index (χ2n) is 6.65. The topological polar surface area (TPSA) is 15.3 Å². The molecule has 0 aliphatic heterocycles. The molecule has 2 atom stereocenters. The van der Waals surface area contributed by atoms with Crippen molar-refractivity contribution in [2.24, 2.45) is 5.92 Å². The minimum atomic E-state index is 0.756. The Morgan fingerprint density at radius 2 is 2.15 bits per heavy atom. The lowest BCUT2D eigenvalue weighted by Crippen LogP contribution is -2.38. The van der Waals surface area contributed by atoms with Gasteiger partial charge in [0.1, 0.15) is 0 Å². The Hall–Kier alpha value is -0.860. The summed E-state index contributed by atoms with van der Waals surface area (Å²) < 4.78 is 0. The van der Waals surface area contributed by atoms with Gasteiger partial charge in [0.2, 0.25) is 0 Å². The first-order valence-electron chi connectivity index (χ1n) is 8.11. The zero-order valence-electron chi connectivity index (χ0n) is 13.4. The van der Waals surface area contributed by atoms with Gasteiger partial charge in [0.25, 0.3) is 0 Å². The minimum Gasteiger partial charge on any atom is -0.313 e. The highest BCUT2D eigenvalue weighted by atomic mass is 15.1. The molecule has 2 nitrogen and oxygen atoms in total. The van der Waals surface area contributed by atoms with Gasteiger partial charge in [-0.3, -0.25) is 0 Å². The van der Waals surface area contributed by atoms with E-state index in [1.807, 2.05) is 0 Å². The van der Waals surface area contributed by atoms with Crippen molar-refractivity contribution in [3.05, 3.63) is 35.4 Å². The fourth-order valence-corrected chi connectivity index (χ4v) is 3.28. The molecule has 112 valence electrons. The van der Waals surface area contributed by atoms with Gasteiger partial charge >= 0.3 is 0 Å². The molecule has 0 spiro atoms. The fraction of sp³-hybridized carbons (Fsp3) is 0.667. The third-order valence-electron chi connectivity index (χ3n) is 4.40. The van der Waals surface area contributed by atoms with E-state index < -0.39 is 0 Å². The van der Waals surface area contributed by atoms with Crippen LogP contribution in [0.4, 0.5) is 0 Å². The second-order valence-corrected chi connectivity index (χ2v) is 6.65. The van der Waals surface area contributed by atoms with Gasteiger partial charge in [-0.05, 0) is 38.3 Å². The van der Waals surface area contributed by atoms with Crippen molar-refractivity contribution in [1.29, 1.82) is 0 Å². The van der Waals surface area contributed by atoms with Crippen LogP contribution in [0.5, 0.6) is 0 Å². The number of rotatable bonds is 6. The molecular weight excluding hydrogens is 244 g/mol. The molecule has 1 aliphatic rings. The van der Waals surface area contributed by atoms with E-state index in [1.54, 1.807) is 0 Å². The van der Waals surface area contributed by atoms with Crippen LogP contribution >= 0.6 is 0 Å². The van der Waals surface area contributed by atoms with E-state index in [1.165, 1.54) is 36.8 Å². The monoisotopic (exact) mass is 274 g/mol. The highest BCUT2D eigenvalue weighted by Gasteiger charge is 2.17. The van der Waals surface area contributed by atoms with Crippen molar-refractivity contribution >= 4 is 0 Å². The molecule has 1 aromatic carbocycles. The summed E-state index contributed by atoms with van der Waals surface area (Å²) in [7, 11) is 2.22. The van der Waals surface area contributed by atoms with Crippen LogP contribution in [0, 0.1) is 12.8 Å². The third kappa shape index (κ3) is 5.26. The standard InChI is InChI=1S/C18H30N2/c1-15-6-4-8-17(12-15)14-20(3)11-10-19-18-9-5-7-16(2)13-18/h4,6,8,12,16,18-19H,5,7,9-11,13-14H2,1-3H3. The number of aryl methyl sites for hydroxylation is 1. The van der Waals surface area contributed by atoms with Gasteiger partial charge in [-0.1, -0.05) is 49.6 Å². The highest BCUT2D eigenvalue weighted by Crippen LogP contribution is 2.23. The SMILES string of the molecule is Cc1cccc(CN(C)CCNC2CCCC(C)C2)c1. The molecule has 0 heterocycles. The van der Waals surface area contributed by atoms with Crippen molar-refractivity contribution in [2.45, 2.75) is 52.1 Å². The van der Waals surface area contributed by atoms with Crippen molar-refractivity contribution < 1.29 is 0 Å². The molecule has 1 aliphatic carbocycles. The van der Waals surface area contributed by atoms with Gasteiger partial charge in [-0.2, -0.15) is 0 Å². The van der Waals surface area contributed by atoms with Crippen LogP contribution in [0.15, 0.2) is 24.3 Å². The Kier molecular flexibility index (Phi) is 6.06. The molecule has 2 rings (SSSR count). The van der Waals surface area contributed by atoms with Crippen LogP contribution in [0.25, 0.3) is 0 Å². The zero-order valence-corrected chi connectivity index (χ0v) is 13.4. The molecule has 1 aromatic rings. The average Bonchev–Trinajstić information content (AvgIpc) is 2.38. The molecule has 0 saturated heterocycles. The Morgan fingerprint density at radius 1 is 1.30 bits per heavy atom. The van der Waals surface area contributed by atoms with Gasteiger partial charge in [-0.15, -0.1) is 0 Å². The lowest BCUT2D eigenvalue weighted by molar-refractivity contribution is 0.274. The predicted octanol–water partition coefficient (Wildman–Crippen LogP) is 3.60. The molecule has 2 heteroatoms. The van der Waals surface area contributed by atoms with Crippen LogP contribution in [0.2, 0.25) is 0 Å². The Morgan fingerprint density at radius 3 is 2.90 bits per heavy atom. The van der Waals surface area contributed by atoms with Crippen molar-refractivity contribution in [2.75, 3.05) is 20.1 Å². The molecule has 0 bridgehead atoms. The number of nitrogens with zero attached hydrogens (tertiary/aromatic N) is 1. The summed E-state index contributed by atoms with van der Waals surface area (Å²) in [6.45, 7) is 7.83. The van der Waals surface area contributed by atoms with Crippen LogP contribution in [-0.4, -0.2) is 31.1 Å². The van der Waals surface area contributed by atoms with E-state index in [4.69, 9.17) is 0 Å². The maximum Gasteiger partial charge on any atom is 0.0231 e. The Balaban J connectivity index is 1.66. The molecule has 2 unspecified atom stereocenters. The van der Waals surface area contributed by atoms with Crippen molar-refractivity contribution in [1.82, 2.24) is 10.2 Å². The molecule has 0 aromatic heterocycles. The zero-order chi connectivity index (χ0) is 14.4. The average molecular weight is 274 g/mol. The van der Waals surface area contributed by atoms with Crippen LogP contribution in [-0.2, 0) is 6.54 Å². The number of hydrogen-bond acceptors (Lipinski definition) is 2. The molecule has 1 fully saturated rings. The smallest absolute Gasteiger partial charge is 0.0231 e. The summed E-state index contributed by atoms with van der Waals surface area (Å²) in [5.41, 5.74) is 2.77. The maximum absolute atomic E-state index is 3.74.